The summed E-state index contributed by atoms with van der Waals surface area (Å²) in [7, 11) is 0. The smallest absolute Gasteiger partial charge is 0.239 e. The van der Waals surface area contributed by atoms with Crippen LogP contribution in [0.3, 0.4) is 0 Å². The fourth-order valence-corrected chi connectivity index (χ4v) is 2.05. The zero-order chi connectivity index (χ0) is 13.4. The van der Waals surface area contributed by atoms with Gasteiger partial charge in [0.05, 0.1) is 0 Å². The van der Waals surface area contributed by atoms with E-state index in [1.54, 1.807) is 0 Å². The fourth-order valence-electron chi connectivity index (χ4n) is 2.05. The molecule has 0 saturated heterocycles. The molecule has 3 N–H and O–H groups in total. The van der Waals surface area contributed by atoms with Crippen molar-refractivity contribution < 1.29 is 9.59 Å². The average molecular weight is 254 g/mol. The van der Waals surface area contributed by atoms with E-state index in [2.05, 4.69) is 12.2 Å². The highest BCUT2D eigenvalue weighted by Crippen LogP contribution is 2.29. The molecule has 0 heterocycles. The summed E-state index contributed by atoms with van der Waals surface area (Å²) >= 11 is 0. The lowest BCUT2D eigenvalue weighted by atomic mass is 10.1. The normalized spacial score (nSPS) is 16.3. The van der Waals surface area contributed by atoms with E-state index < -0.39 is 11.9 Å². The molecule has 0 unspecified atom stereocenters. The van der Waals surface area contributed by atoms with E-state index in [1.165, 1.54) is 25.7 Å². The number of nitrogens with two attached hydrogens (primary N) is 1. The van der Waals surface area contributed by atoms with Gasteiger partial charge in [0.25, 0.3) is 0 Å². The Labute approximate surface area is 110 Å². The number of unbranched alkanes of at least 4 members (excludes halogenated alkanes) is 5. The summed E-state index contributed by atoms with van der Waals surface area (Å²) in [6.45, 7) is 2.19. The first-order valence-corrected chi connectivity index (χ1v) is 7.24. The van der Waals surface area contributed by atoms with Crippen LogP contribution >= 0.6 is 0 Å². The van der Waals surface area contributed by atoms with Gasteiger partial charge in [-0.15, -0.1) is 0 Å². The van der Waals surface area contributed by atoms with Gasteiger partial charge >= 0.3 is 0 Å². The fraction of sp³-hybridized carbons (Fsp3) is 0.857. The van der Waals surface area contributed by atoms with Crippen LogP contribution < -0.4 is 11.1 Å². The zero-order valence-electron chi connectivity index (χ0n) is 11.4. The standard InChI is InChI=1S/C14H26N2O2/c1-2-3-4-5-6-7-8-12(13(15)17)16-14(18)11-9-10-11/h11-12H,2-10H2,1H3,(H2,15,17)(H,16,18)/t12-/m0/s1. The number of carbonyl (C=O) groups is 2. The van der Waals surface area contributed by atoms with Crippen LogP contribution in [-0.4, -0.2) is 17.9 Å². The van der Waals surface area contributed by atoms with E-state index in [0.29, 0.717) is 6.42 Å². The van der Waals surface area contributed by atoms with Crippen LogP contribution in [0, 0.1) is 5.92 Å². The molecular formula is C14H26N2O2. The van der Waals surface area contributed by atoms with Gasteiger partial charge in [-0.05, 0) is 19.3 Å². The molecule has 4 heteroatoms. The molecule has 2 amide bonds. The van der Waals surface area contributed by atoms with Gasteiger partial charge in [-0.2, -0.15) is 0 Å². The summed E-state index contributed by atoms with van der Waals surface area (Å²) in [5, 5.41) is 2.77. The topological polar surface area (TPSA) is 72.2 Å². The lowest BCUT2D eigenvalue weighted by Gasteiger charge is -2.15. The Morgan fingerprint density at radius 2 is 1.78 bits per heavy atom. The van der Waals surface area contributed by atoms with Crippen molar-refractivity contribution in [3.63, 3.8) is 0 Å². The Bertz CT molecular complexity index is 275. The van der Waals surface area contributed by atoms with Gasteiger partial charge in [-0.25, -0.2) is 0 Å². The Kier molecular flexibility index (Phi) is 6.76. The van der Waals surface area contributed by atoms with Crippen LogP contribution in [0.25, 0.3) is 0 Å². The molecule has 1 rings (SSSR count). The van der Waals surface area contributed by atoms with E-state index >= 15 is 0 Å². The molecule has 0 spiro atoms. The van der Waals surface area contributed by atoms with Crippen molar-refractivity contribution in [2.75, 3.05) is 0 Å². The van der Waals surface area contributed by atoms with Crippen molar-refractivity contribution in [1.82, 2.24) is 5.32 Å². The molecule has 0 radical (unpaired) electrons. The minimum Gasteiger partial charge on any atom is -0.368 e. The highest BCUT2D eigenvalue weighted by atomic mass is 16.2. The molecule has 104 valence electrons. The molecule has 0 bridgehead atoms. The SMILES string of the molecule is CCCCCCCC[C@H](NC(=O)C1CC1)C(N)=O. The number of nitrogens with one attached hydrogen (secondary N) is 1. The maximum atomic E-state index is 11.6. The Morgan fingerprint density at radius 1 is 1.17 bits per heavy atom. The van der Waals surface area contributed by atoms with E-state index in [4.69, 9.17) is 5.73 Å². The highest BCUT2D eigenvalue weighted by Gasteiger charge is 2.31. The van der Waals surface area contributed by atoms with Crippen molar-refractivity contribution in [3.8, 4) is 0 Å². The summed E-state index contributed by atoms with van der Waals surface area (Å²) in [5.41, 5.74) is 5.31. The van der Waals surface area contributed by atoms with E-state index in [0.717, 1.165) is 25.7 Å². The summed E-state index contributed by atoms with van der Waals surface area (Å²) in [6, 6.07) is -0.468. The molecule has 18 heavy (non-hydrogen) atoms. The largest absolute Gasteiger partial charge is 0.368 e. The first-order valence-electron chi connectivity index (χ1n) is 7.24. The molecule has 1 atom stereocenters. The van der Waals surface area contributed by atoms with Crippen molar-refractivity contribution in [1.29, 1.82) is 0 Å². The van der Waals surface area contributed by atoms with Crippen molar-refractivity contribution in [3.05, 3.63) is 0 Å². The van der Waals surface area contributed by atoms with Crippen LogP contribution in [0.4, 0.5) is 0 Å². The van der Waals surface area contributed by atoms with Crippen LogP contribution in [0.5, 0.6) is 0 Å². The zero-order valence-corrected chi connectivity index (χ0v) is 11.4. The predicted molar refractivity (Wildman–Crippen MR) is 71.8 cm³/mol. The maximum absolute atomic E-state index is 11.6. The monoisotopic (exact) mass is 254 g/mol. The van der Waals surface area contributed by atoms with Crippen LogP contribution in [0.2, 0.25) is 0 Å². The second-order valence-corrected chi connectivity index (χ2v) is 5.29. The van der Waals surface area contributed by atoms with Crippen LogP contribution in [0.1, 0.15) is 64.7 Å². The van der Waals surface area contributed by atoms with Crippen molar-refractivity contribution in [2.24, 2.45) is 11.7 Å². The molecular weight excluding hydrogens is 228 g/mol. The summed E-state index contributed by atoms with van der Waals surface area (Å²) < 4.78 is 0. The molecule has 0 aromatic heterocycles. The number of primary amides is 1. The molecule has 0 aromatic carbocycles. The van der Waals surface area contributed by atoms with Gasteiger partial charge in [-0.3, -0.25) is 9.59 Å². The lowest BCUT2D eigenvalue weighted by molar-refractivity contribution is -0.128. The van der Waals surface area contributed by atoms with Gasteiger partial charge in [-0.1, -0.05) is 45.4 Å². The molecule has 1 fully saturated rings. The van der Waals surface area contributed by atoms with Crippen LogP contribution in [-0.2, 0) is 9.59 Å². The van der Waals surface area contributed by atoms with E-state index in [9.17, 15) is 9.59 Å². The van der Waals surface area contributed by atoms with Gasteiger partial charge in [0.2, 0.25) is 11.8 Å². The van der Waals surface area contributed by atoms with Gasteiger partial charge in [0.1, 0.15) is 6.04 Å². The third-order valence-electron chi connectivity index (χ3n) is 3.45. The summed E-state index contributed by atoms with van der Waals surface area (Å²) in [5.74, 6) is -0.265. The first-order chi connectivity index (χ1) is 8.65. The third-order valence-corrected chi connectivity index (χ3v) is 3.45. The van der Waals surface area contributed by atoms with Gasteiger partial charge in [0, 0.05) is 5.92 Å². The van der Waals surface area contributed by atoms with Gasteiger partial charge < -0.3 is 11.1 Å². The minimum atomic E-state index is -0.468. The third kappa shape index (κ3) is 6.03. The molecule has 4 nitrogen and oxygen atoms in total. The Morgan fingerprint density at radius 3 is 2.33 bits per heavy atom. The Balaban J connectivity index is 2.13. The average Bonchev–Trinajstić information content (AvgIpc) is 3.15. The Hall–Kier alpha value is -1.06. The van der Waals surface area contributed by atoms with Crippen LogP contribution in [0.15, 0.2) is 0 Å². The summed E-state index contributed by atoms with van der Waals surface area (Å²) in [6.07, 6.45) is 9.63. The summed E-state index contributed by atoms with van der Waals surface area (Å²) in [4.78, 5) is 22.8. The minimum absolute atomic E-state index is 0.00443. The number of hydrogen-bond donors (Lipinski definition) is 2. The lowest BCUT2D eigenvalue weighted by Crippen LogP contribution is -2.45. The highest BCUT2D eigenvalue weighted by molar-refractivity contribution is 5.88. The number of hydrogen-bond acceptors (Lipinski definition) is 2. The maximum Gasteiger partial charge on any atom is 0.239 e. The molecule has 0 aromatic rings. The second kappa shape index (κ2) is 8.11. The molecule has 1 aliphatic rings. The van der Waals surface area contributed by atoms with Gasteiger partial charge in [0.15, 0.2) is 0 Å². The first kappa shape index (κ1) is 15.0. The van der Waals surface area contributed by atoms with Crippen molar-refractivity contribution >= 4 is 11.8 Å². The molecule has 0 aliphatic heterocycles. The predicted octanol–water partition coefficient (Wildman–Crippen LogP) is 2.12. The van der Waals surface area contributed by atoms with E-state index in [1.807, 2.05) is 0 Å². The number of rotatable bonds is 10. The second-order valence-electron chi connectivity index (χ2n) is 5.29. The quantitative estimate of drug-likeness (QED) is 0.586. The van der Waals surface area contributed by atoms with E-state index in [-0.39, 0.29) is 11.8 Å². The van der Waals surface area contributed by atoms with Crippen molar-refractivity contribution in [2.45, 2.75) is 70.8 Å². The molecule has 1 aliphatic carbocycles. The molecule has 1 saturated carbocycles. The number of amides is 2. The number of carbonyl (C=O) groups excluding carboxylic acids is 2.